The zero-order chi connectivity index (χ0) is 27.0. The number of quaternary nitrogens is 2. The van der Waals surface area contributed by atoms with Crippen molar-refractivity contribution in [3.05, 3.63) is 0 Å². The molecule has 0 spiro atoms. The van der Waals surface area contributed by atoms with Crippen LogP contribution in [-0.2, 0) is 9.59 Å². The number of hydrogen-bond donors (Lipinski definition) is 2. The van der Waals surface area contributed by atoms with Gasteiger partial charge < -0.3 is 32.1 Å². The Balaban J connectivity index is -0.000000289. The molecular weight excluding hydrogens is 476 g/mol. The van der Waals surface area contributed by atoms with Crippen molar-refractivity contribution in [3.63, 3.8) is 0 Å². The van der Waals surface area contributed by atoms with Crippen LogP contribution < -0.4 is 22.5 Å². The van der Waals surface area contributed by atoms with Gasteiger partial charge in [0.15, 0.2) is 0 Å². The summed E-state index contributed by atoms with van der Waals surface area (Å²) in [4.78, 5) is 20.4. The average Bonchev–Trinajstić information content (AvgIpc) is 2.85. The molecule has 0 aromatic rings. The van der Waals surface area contributed by atoms with Gasteiger partial charge in [0.05, 0.1) is 0 Å². The molecule has 6 nitrogen and oxygen atoms in total. The minimum absolute atomic E-state index is 0. The molecule has 0 heterocycles. The molecule has 8 N–H and O–H groups in total. The smallest absolute Gasteiger partial charge is 0.0414 e. The quantitative estimate of drug-likeness (QED) is 0.0938. The highest BCUT2D eigenvalue weighted by Crippen LogP contribution is 2.14. The van der Waals surface area contributed by atoms with Gasteiger partial charge in [-0.2, -0.15) is 0 Å². The number of carbonyl (C=O) groups is 2. The summed E-state index contributed by atoms with van der Waals surface area (Å²) in [5.41, 5.74) is 0. The normalized spacial score (nSPS) is 10.2. The molecule has 0 atom stereocenters. The lowest BCUT2D eigenvalue weighted by molar-refractivity contribution is -0.307. The van der Waals surface area contributed by atoms with Crippen molar-refractivity contribution in [3.8, 4) is 0 Å². The summed E-state index contributed by atoms with van der Waals surface area (Å²) in [5.74, 6) is -1.81. The number of carboxylic acids is 2. The van der Waals surface area contributed by atoms with Gasteiger partial charge in [0, 0.05) is 11.9 Å². The molecule has 0 rings (SSSR count). The summed E-state index contributed by atoms with van der Waals surface area (Å²) < 4.78 is 0. The molecule has 232 valence electrons. The average molecular weight is 547 g/mol. The third-order valence-electron chi connectivity index (χ3n) is 6.97. The van der Waals surface area contributed by atoms with E-state index < -0.39 is 11.9 Å². The first kappa shape index (κ1) is 43.9. The SMILES string of the molecule is CCCCCCCCCCCCCCCC(=O)[O-].CCCCCCCCCCCCCCCC(=O)[O-].[NH4+].[NH4+]. The zero-order valence-electron chi connectivity index (χ0n) is 26.4. The van der Waals surface area contributed by atoms with Crippen LogP contribution in [0.2, 0.25) is 0 Å². The van der Waals surface area contributed by atoms with Crippen molar-refractivity contribution < 1.29 is 19.8 Å². The van der Waals surface area contributed by atoms with E-state index >= 15 is 0 Å². The number of rotatable bonds is 28. The molecule has 0 saturated carbocycles. The maximum Gasteiger partial charge on any atom is 0.0414 e. The van der Waals surface area contributed by atoms with Crippen LogP contribution in [0.5, 0.6) is 0 Å². The topological polar surface area (TPSA) is 153 Å². The summed E-state index contributed by atoms with van der Waals surface area (Å²) in [6.45, 7) is 4.51. The number of carboxylic acid groups (broad SMARTS) is 2. The number of hydrogen-bond acceptors (Lipinski definition) is 4. The van der Waals surface area contributed by atoms with Gasteiger partial charge in [-0.25, -0.2) is 0 Å². The lowest BCUT2D eigenvalue weighted by Crippen LogP contribution is -2.21. The highest BCUT2D eigenvalue weighted by atomic mass is 16.4. The molecule has 0 aromatic carbocycles. The van der Waals surface area contributed by atoms with Crippen LogP contribution in [-0.4, -0.2) is 11.9 Å². The molecule has 0 bridgehead atoms. The Morgan fingerprint density at radius 1 is 0.342 bits per heavy atom. The van der Waals surface area contributed by atoms with Gasteiger partial charge in [-0.05, 0) is 25.7 Å². The second kappa shape index (κ2) is 40.4. The van der Waals surface area contributed by atoms with Crippen molar-refractivity contribution >= 4 is 11.9 Å². The van der Waals surface area contributed by atoms with E-state index in [-0.39, 0.29) is 25.1 Å². The van der Waals surface area contributed by atoms with Crippen LogP contribution in [0.4, 0.5) is 0 Å². The van der Waals surface area contributed by atoms with E-state index in [4.69, 9.17) is 0 Å². The molecular formula is C32H70N2O4. The number of carbonyl (C=O) groups excluding carboxylic acids is 2. The van der Waals surface area contributed by atoms with Crippen molar-refractivity contribution in [2.24, 2.45) is 0 Å². The summed E-state index contributed by atoms with van der Waals surface area (Å²) >= 11 is 0. The maximum absolute atomic E-state index is 10.2. The Kier molecular flexibility index (Phi) is 46.6. The van der Waals surface area contributed by atoms with Gasteiger partial charge in [0.2, 0.25) is 0 Å². The highest BCUT2D eigenvalue weighted by molar-refractivity contribution is 5.64. The fraction of sp³-hybridized carbons (Fsp3) is 0.938. The van der Waals surface area contributed by atoms with Crippen LogP contribution in [0.1, 0.15) is 194 Å². The summed E-state index contributed by atoms with van der Waals surface area (Å²) in [6, 6.07) is 0. The zero-order valence-corrected chi connectivity index (χ0v) is 26.4. The second-order valence-electron chi connectivity index (χ2n) is 10.7. The first-order chi connectivity index (χ1) is 17.5. The predicted molar refractivity (Wildman–Crippen MR) is 163 cm³/mol. The molecule has 0 aliphatic carbocycles. The van der Waals surface area contributed by atoms with Gasteiger partial charge in [0.25, 0.3) is 0 Å². The monoisotopic (exact) mass is 547 g/mol. The van der Waals surface area contributed by atoms with E-state index in [1.807, 2.05) is 0 Å². The predicted octanol–water partition coefficient (Wildman–Crippen LogP) is 9.19. The van der Waals surface area contributed by atoms with Gasteiger partial charge in [-0.1, -0.05) is 168 Å². The van der Waals surface area contributed by atoms with Gasteiger partial charge in [-0.3, -0.25) is 0 Å². The van der Waals surface area contributed by atoms with Crippen molar-refractivity contribution in [1.82, 2.24) is 12.3 Å². The van der Waals surface area contributed by atoms with E-state index in [9.17, 15) is 19.8 Å². The van der Waals surface area contributed by atoms with Crippen molar-refractivity contribution in [1.29, 1.82) is 0 Å². The van der Waals surface area contributed by atoms with Crippen LogP contribution in [0.25, 0.3) is 0 Å². The number of aliphatic carboxylic acids is 2. The number of unbranched alkanes of at least 4 members (excludes halogenated alkanes) is 24. The lowest BCUT2D eigenvalue weighted by Gasteiger charge is -2.03. The molecule has 0 aliphatic rings. The Morgan fingerprint density at radius 3 is 0.658 bits per heavy atom. The van der Waals surface area contributed by atoms with E-state index in [0.29, 0.717) is 0 Å². The third-order valence-corrected chi connectivity index (χ3v) is 6.97. The van der Waals surface area contributed by atoms with Crippen LogP contribution in [0.15, 0.2) is 0 Å². The van der Waals surface area contributed by atoms with E-state index in [1.54, 1.807) is 0 Å². The first-order valence-corrected chi connectivity index (χ1v) is 15.9. The minimum atomic E-state index is -0.905. The summed E-state index contributed by atoms with van der Waals surface area (Å²) in [5, 5.41) is 20.4. The van der Waals surface area contributed by atoms with Crippen LogP contribution in [0.3, 0.4) is 0 Å². The Bertz CT molecular complexity index is 407. The van der Waals surface area contributed by atoms with Crippen molar-refractivity contribution in [2.75, 3.05) is 0 Å². The van der Waals surface area contributed by atoms with Gasteiger partial charge in [-0.15, -0.1) is 0 Å². The molecule has 38 heavy (non-hydrogen) atoms. The van der Waals surface area contributed by atoms with Crippen LogP contribution in [0, 0.1) is 0 Å². The Labute approximate surface area is 237 Å². The fourth-order valence-corrected chi connectivity index (χ4v) is 4.57. The molecule has 0 radical (unpaired) electrons. The lowest BCUT2D eigenvalue weighted by atomic mass is 10.0. The molecule has 0 unspecified atom stereocenters. The maximum atomic E-state index is 10.2. The summed E-state index contributed by atoms with van der Waals surface area (Å²) in [7, 11) is 0. The largest absolute Gasteiger partial charge is 0.550 e. The third kappa shape index (κ3) is 48.0. The summed E-state index contributed by atoms with van der Waals surface area (Å²) in [6.07, 6.45) is 33.9. The first-order valence-electron chi connectivity index (χ1n) is 15.9. The van der Waals surface area contributed by atoms with E-state index in [1.165, 1.54) is 141 Å². The molecule has 0 fully saturated rings. The van der Waals surface area contributed by atoms with Crippen molar-refractivity contribution in [2.45, 2.75) is 194 Å². The molecule has 6 heteroatoms. The second-order valence-corrected chi connectivity index (χ2v) is 10.7. The van der Waals surface area contributed by atoms with Crippen LogP contribution >= 0.6 is 0 Å². The standard InChI is InChI=1S/2C16H32O2.2H3N/c2*1-2-3-4-5-6-7-8-9-10-11-12-13-14-15-16(17)18;;/h2*2-15H2,1H3,(H,17,18);2*1H3. The van der Waals surface area contributed by atoms with Gasteiger partial charge in [0.1, 0.15) is 0 Å². The highest BCUT2D eigenvalue weighted by Gasteiger charge is 1.95. The molecule has 0 aromatic heterocycles. The van der Waals surface area contributed by atoms with Gasteiger partial charge >= 0.3 is 0 Å². The minimum Gasteiger partial charge on any atom is -0.550 e. The Morgan fingerprint density at radius 2 is 0.500 bits per heavy atom. The molecule has 0 saturated heterocycles. The Hall–Kier alpha value is -1.14. The molecule has 0 amide bonds. The van der Waals surface area contributed by atoms with E-state index in [2.05, 4.69) is 13.8 Å². The molecule has 0 aliphatic heterocycles. The fourth-order valence-electron chi connectivity index (χ4n) is 4.57. The van der Waals surface area contributed by atoms with E-state index in [0.717, 1.165) is 25.7 Å².